The first-order valence-electron chi connectivity index (χ1n) is 6.62. The van der Waals surface area contributed by atoms with E-state index in [0.717, 1.165) is 22.6 Å². The first-order chi connectivity index (χ1) is 9.74. The van der Waals surface area contributed by atoms with E-state index >= 15 is 0 Å². The standard InChI is InChI=1S/C15H13ClN4/c16-9-3-6-11(12(17)8-9)14-19-13-2-1-7-18-15(13)20(14)10-4-5-10/h1-3,6-8,10H,4-5,17H2. The van der Waals surface area contributed by atoms with Crippen molar-refractivity contribution in [2.24, 2.45) is 0 Å². The van der Waals surface area contributed by atoms with Crippen molar-refractivity contribution < 1.29 is 0 Å². The zero-order valence-electron chi connectivity index (χ0n) is 10.8. The van der Waals surface area contributed by atoms with Crippen LogP contribution in [-0.4, -0.2) is 14.5 Å². The molecule has 0 bridgehead atoms. The molecule has 100 valence electrons. The van der Waals surface area contributed by atoms with E-state index in [2.05, 4.69) is 9.55 Å². The van der Waals surface area contributed by atoms with Crippen LogP contribution >= 0.6 is 11.6 Å². The van der Waals surface area contributed by atoms with Crippen LogP contribution in [0.25, 0.3) is 22.6 Å². The lowest BCUT2D eigenvalue weighted by atomic mass is 10.1. The lowest BCUT2D eigenvalue weighted by Crippen LogP contribution is -2.00. The minimum absolute atomic E-state index is 0.486. The molecule has 0 atom stereocenters. The topological polar surface area (TPSA) is 56.7 Å². The predicted molar refractivity (Wildman–Crippen MR) is 80.7 cm³/mol. The van der Waals surface area contributed by atoms with E-state index in [-0.39, 0.29) is 0 Å². The van der Waals surface area contributed by atoms with Gasteiger partial charge in [0.05, 0.1) is 0 Å². The third-order valence-corrected chi connectivity index (χ3v) is 3.85. The normalized spacial score (nSPS) is 14.8. The molecule has 2 aromatic heterocycles. The fourth-order valence-corrected chi connectivity index (χ4v) is 2.72. The molecular weight excluding hydrogens is 272 g/mol. The molecule has 0 aliphatic heterocycles. The lowest BCUT2D eigenvalue weighted by molar-refractivity contribution is 0.767. The number of nitrogens with zero attached hydrogens (tertiary/aromatic N) is 3. The number of pyridine rings is 1. The van der Waals surface area contributed by atoms with Crippen LogP contribution in [0.3, 0.4) is 0 Å². The molecule has 3 aromatic rings. The monoisotopic (exact) mass is 284 g/mol. The summed E-state index contributed by atoms with van der Waals surface area (Å²) in [6.45, 7) is 0. The number of aromatic nitrogens is 3. The van der Waals surface area contributed by atoms with Crippen molar-refractivity contribution in [3.05, 3.63) is 41.6 Å². The van der Waals surface area contributed by atoms with Crippen LogP contribution in [0, 0.1) is 0 Å². The predicted octanol–water partition coefficient (Wildman–Crippen LogP) is 3.67. The Labute approximate surface area is 121 Å². The smallest absolute Gasteiger partial charge is 0.160 e. The molecular formula is C15H13ClN4. The van der Waals surface area contributed by atoms with E-state index in [0.29, 0.717) is 16.8 Å². The first kappa shape index (κ1) is 11.7. The van der Waals surface area contributed by atoms with E-state index in [4.69, 9.17) is 22.3 Å². The minimum Gasteiger partial charge on any atom is -0.398 e. The number of hydrogen-bond donors (Lipinski definition) is 1. The Kier molecular flexibility index (Phi) is 2.47. The quantitative estimate of drug-likeness (QED) is 0.731. The molecule has 1 aliphatic rings. The number of fused-ring (bicyclic) bond motifs is 1. The van der Waals surface area contributed by atoms with Crippen molar-refractivity contribution in [1.29, 1.82) is 0 Å². The van der Waals surface area contributed by atoms with Crippen LogP contribution in [0.1, 0.15) is 18.9 Å². The molecule has 0 radical (unpaired) electrons. The van der Waals surface area contributed by atoms with Crippen molar-refractivity contribution in [2.75, 3.05) is 5.73 Å². The summed E-state index contributed by atoms with van der Waals surface area (Å²) < 4.78 is 2.20. The number of imidazole rings is 1. The molecule has 1 saturated carbocycles. The Balaban J connectivity index is 2.01. The van der Waals surface area contributed by atoms with Gasteiger partial charge in [-0.1, -0.05) is 11.6 Å². The molecule has 4 nitrogen and oxygen atoms in total. The van der Waals surface area contributed by atoms with Gasteiger partial charge in [-0.25, -0.2) is 9.97 Å². The molecule has 0 saturated heterocycles. The summed E-state index contributed by atoms with van der Waals surface area (Å²) in [6, 6.07) is 9.91. The Bertz CT molecular complexity index is 805. The van der Waals surface area contributed by atoms with Crippen LogP contribution in [-0.2, 0) is 0 Å². The molecule has 0 unspecified atom stereocenters. The summed E-state index contributed by atoms with van der Waals surface area (Å²) in [4.78, 5) is 9.18. The SMILES string of the molecule is Nc1cc(Cl)ccc1-c1nc2cccnc2n1C1CC1. The van der Waals surface area contributed by atoms with Gasteiger partial charge in [-0.15, -0.1) is 0 Å². The zero-order chi connectivity index (χ0) is 13.7. The number of halogens is 1. The van der Waals surface area contributed by atoms with E-state index in [1.54, 1.807) is 12.3 Å². The number of nitrogens with two attached hydrogens (primary N) is 1. The molecule has 2 heterocycles. The van der Waals surface area contributed by atoms with E-state index in [1.165, 1.54) is 12.8 Å². The lowest BCUT2D eigenvalue weighted by Gasteiger charge is -2.09. The molecule has 2 N–H and O–H groups in total. The maximum Gasteiger partial charge on any atom is 0.160 e. The Morgan fingerprint density at radius 3 is 2.85 bits per heavy atom. The van der Waals surface area contributed by atoms with Gasteiger partial charge < -0.3 is 10.3 Å². The van der Waals surface area contributed by atoms with Gasteiger partial charge in [-0.3, -0.25) is 0 Å². The van der Waals surface area contributed by atoms with Gasteiger partial charge in [0, 0.05) is 28.5 Å². The van der Waals surface area contributed by atoms with Gasteiger partial charge in [0.15, 0.2) is 5.65 Å². The van der Waals surface area contributed by atoms with Crippen LogP contribution in [0.5, 0.6) is 0 Å². The highest BCUT2D eigenvalue weighted by molar-refractivity contribution is 6.31. The third-order valence-electron chi connectivity index (χ3n) is 3.62. The van der Waals surface area contributed by atoms with Gasteiger partial charge >= 0.3 is 0 Å². The van der Waals surface area contributed by atoms with Crippen molar-refractivity contribution in [1.82, 2.24) is 14.5 Å². The summed E-state index contributed by atoms with van der Waals surface area (Å²) in [5.41, 5.74) is 9.51. The second-order valence-electron chi connectivity index (χ2n) is 5.11. The first-order valence-corrected chi connectivity index (χ1v) is 7.00. The van der Waals surface area contributed by atoms with E-state index in [1.807, 2.05) is 24.3 Å². The molecule has 0 spiro atoms. The molecule has 20 heavy (non-hydrogen) atoms. The van der Waals surface area contributed by atoms with Crippen LogP contribution in [0.4, 0.5) is 5.69 Å². The highest BCUT2D eigenvalue weighted by atomic mass is 35.5. The summed E-state index contributed by atoms with van der Waals surface area (Å²) in [5.74, 6) is 0.885. The van der Waals surface area contributed by atoms with Crippen molar-refractivity contribution in [3.63, 3.8) is 0 Å². The van der Waals surface area contributed by atoms with E-state index < -0.39 is 0 Å². The second-order valence-corrected chi connectivity index (χ2v) is 5.55. The third kappa shape index (κ3) is 1.76. The number of hydrogen-bond acceptors (Lipinski definition) is 3. The van der Waals surface area contributed by atoms with Crippen molar-refractivity contribution in [2.45, 2.75) is 18.9 Å². The van der Waals surface area contributed by atoms with Gasteiger partial charge in [0.2, 0.25) is 0 Å². The summed E-state index contributed by atoms with van der Waals surface area (Å²) >= 11 is 5.98. The van der Waals surface area contributed by atoms with Crippen LogP contribution in [0.15, 0.2) is 36.5 Å². The number of rotatable bonds is 2. The highest BCUT2D eigenvalue weighted by Gasteiger charge is 2.29. The maximum atomic E-state index is 6.11. The fourth-order valence-electron chi connectivity index (χ4n) is 2.54. The molecule has 4 rings (SSSR count). The largest absolute Gasteiger partial charge is 0.398 e. The second kappa shape index (κ2) is 4.21. The molecule has 1 aliphatic carbocycles. The van der Waals surface area contributed by atoms with Crippen molar-refractivity contribution in [3.8, 4) is 11.4 Å². The highest BCUT2D eigenvalue weighted by Crippen LogP contribution is 2.41. The Morgan fingerprint density at radius 2 is 2.10 bits per heavy atom. The minimum atomic E-state index is 0.486. The van der Waals surface area contributed by atoms with Crippen LogP contribution < -0.4 is 5.73 Å². The van der Waals surface area contributed by atoms with Gasteiger partial charge in [-0.2, -0.15) is 0 Å². The fraction of sp³-hybridized carbons (Fsp3) is 0.200. The van der Waals surface area contributed by atoms with Gasteiger partial charge in [-0.05, 0) is 43.2 Å². The van der Waals surface area contributed by atoms with Crippen molar-refractivity contribution >= 4 is 28.5 Å². The summed E-state index contributed by atoms with van der Waals surface area (Å²) in [6.07, 6.45) is 4.14. The average Bonchev–Trinajstić information content (AvgIpc) is 3.19. The number of nitrogen functional groups attached to an aromatic ring is 1. The van der Waals surface area contributed by atoms with E-state index in [9.17, 15) is 0 Å². The number of anilines is 1. The van der Waals surface area contributed by atoms with Gasteiger partial charge in [0.1, 0.15) is 11.3 Å². The summed E-state index contributed by atoms with van der Waals surface area (Å²) in [7, 11) is 0. The molecule has 1 aromatic carbocycles. The maximum absolute atomic E-state index is 6.11. The summed E-state index contributed by atoms with van der Waals surface area (Å²) in [5, 5.41) is 0.637. The molecule has 0 amide bonds. The average molecular weight is 285 g/mol. The molecule has 1 fully saturated rings. The number of benzene rings is 1. The van der Waals surface area contributed by atoms with Crippen LogP contribution in [0.2, 0.25) is 5.02 Å². The Morgan fingerprint density at radius 1 is 1.25 bits per heavy atom. The molecule has 5 heteroatoms. The zero-order valence-corrected chi connectivity index (χ0v) is 11.5. The Hall–Kier alpha value is -2.07. The van der Waals surface area contributed by atoms with Gasteiger partial charge in [0.25, 0.3) is 0 Å².